The molecule has 1 aliphatic rings. The zero-order chi connectivity index (χ0) is 18.0. The van der Waals surface area contributed by atoms with E-state index < -0.39 is 6.35 Å². The summed E-state index contributed by atoms with van der Waals surface area (Å²) in [7, 11) is 2.91. The van der Waals surface area contributed by atoms with Crippen molar-refractivity contribution in [3.63, 3.8) is 0 Å². The highest BCUT2D eigenvalue weighted by molar-refractivity contribution is 6.30. The molecule has 1 atom stereocenters. The molecule has 0 amide bonds. The number of aliphatic hydroxyl groups excluding tert-OH is 1. The van der Waals surface area contributed by atoms with Crippen molar-refractivity contribution in [1.29, 1.82) is 0 Å². The Bertz CT molecular complexity index is 822. The average molecular weight is 361 g/mol. The van der Waals surface area contributed by atoms with Crippen LogP contribution in [0.2, 0.25) is 5.02 Å². The van der Waals surface area contributed by atoms with Crippen LogP contribution in [0.5, 0.6) is 17.2 Å². The Morgan fingerprint density at radius 3 is 2.20 bits per heavy atom. The number of ether oxygens (including phenoxy) is 2. The van der Waals surface area contributed by atoms with E-state index in [0.29, 0.717) is 22.0 Å². The van der Waals surface area contributed by atoms with E-state index >= 15 is 0 Å². The van der Waals surface area contributed by atoms with Gasteiger partial charge in [0.1, 0.15) is 0 Å². The van der Waals surface area contributed by atoms with Crippen LogP contribution < -0.4 is 14.8 Å². The SMILES string of the molecule is COc1cc(C2=CC(c3ccc(Cl)cc3)=NC(O)N2)cc(OC)c1O. The van der Waals surface area contributed by atoms with Gasteiger partial charge in [0, 0.05) is 21.8 Å². The molecule has 0 aromatic heterocycles. The summed E-state index contributed by atoms with van der Waals surface area (Å²) in [5.74, 6) is 0.446. The van der Waals surface area contributed by atoms with Crippen LogP contribution in [0.25, 0.3) is 5.70 Å². The first-order valence-corrected chi connectivity index (χ1v) is 7.85. The highest BCUT2D eigenvalue weighted by atomic mass is 35.5. The van der Waals surface area contributed by atoms with Gasteiger partial charge in [0.05, 0.1) is 19.9 Å². The molecule has 6 nitrogen and oxygen atoms in total. The topological polar surface area (TPSA) is 83.3 Å². The zero-order valence-corrected chi connectivity index (χ0v) is 14.4. The van der Waals surface area contributed by atoms with Crippen LogP contribution in [-0.2, 0) is 0 Å². The molecular formula is C18H17ClN2O4. The third-order valence-electron chi connectivity index (χ3n) is 3.76. The van der Waals surface area contributed by atoms with E-state index in [4.69, 9.17) is 21.1 Å². The van der Waals surface area contributed by atoms with E-state index in [2.05, 4.69) is 10.3 Å². The molecule has 0 spiro atoms. The van der Waals surface area contributed by atoms with Crippen LogP contribution in [0, 0.1) is 0 Å². The number of nitrogens with zero attached hydrogens (tertiary/aromatic N) is 1. The molecule has 3 N–H and O–H groups in total. The predicted octanol–water partition coefficient (Wildman–Crippen LogP) is 2.77. The molecule has 0 radical (unpaired) electrons. The Balaban J connectivity index is 2.05. The highest BCUT2D eigenvalue weighted by Crippen LogP contribution is 2.39. The number of nitrogens with one attached hydrogen (secondary N) is 1. The standard InChI is InChI=1S/C18H17ClN2O4/c1-24-15-7-11(8-16(25-2)17(15)22)14-9-13(20-18(23)21-14)10-3-5-12(19)6-4-10/h3-9,18,21-23H,1-2H3. The summed E-state index contributed by atoms with van der Waals surface area (Å²) in [6, 6.07) is 10.5. The largest absolute Gasteiger partial charge is 0.502 e. The second-order valence-corrected chi connectivity index (χ2v) is 5.76. The molecule has 25 heavy (non-hydrogen) atoms. The van der Waals surface area contributed by atoms with Crippen molar-refractivity contribution in [3.8, 4) is 17.2 Å². The molecule has 1 aliphatic heterocycles. The summed E-state index contributed by atoms with van der Waals surface area (Å²) in [5, 5.41) is 23.6. The molecule has 130 valence electrons. The van der Waals surface area contributed by atoms with Gasteiger partial charge in [-0.2, -0.15) is 0 Å². The van der Waals surface area contributed by atoms with Crippen LogP contribution in [0.4, 0.5) is 0 Å². The molecule has 3 rings (SSSR count). The van der Waals surface area contributed by atoms with E-state index in [0.717, 1.165) is 5.56 Å². The zero-order valence-electron chi connectivity index (χ0n) is 13.7. The van der Waals surface area contributed by atoms with Crippen molar-refractivity contribution in [1.82, 2.24) is 5.32 Å². The minimum Gasteiger partial charge on any atom is -0.502 e. The number of hydrogen-bond acceptors (Lipinski definition) is 6. The first kappa shape index (κ1) is 17.1. The molecule has 0 aliphatic carbocycles. The summed E-state index contributed by atoms with van der Waals surface area (Å²) < 4.78 is 10.4. The van der Waals surface area contributed by atoms with Crippen molar-refractivity contribution in [2.24, 2.45) is 4.99 Å². The summed E-state index contributed by atoms with van der Waals surface area (Å²) in [4.78, 5) is 4.19. The number of benzene rings is 2. The first-order chi connectivity index (χ1) is 12.0. The summed E-state index contributed by atoms with van der Waals surface area (Å²) in [6.07, 6.45) is 0.692. The first-order valence-electron chi connectivity index (χ1n) is 7.47. The monoisotopic (exact) mass is 360 g/mol. The lowest BCUT2D eigenvalue weighted by Crippen LogP contribution is -2.30. The average Bonchev–Trinajstić information content (AvgIpc) is 2.62. The van der Waals surface area contributed by atoms with E-state index in [9.17, 15) is 10.2 Å². The van der Waals surface area contributed by atoms with Crippen molar-refractivity contribution in [2.45, 2.75) is 6.35 Å². The predicted molar refractivity (Wildman–Crippen MR) is 96.3 cm³/mol. The van der Waals surface area contributed by atoms with Gasteiger partial charge in [-0.25, -0.2) is 4.99 Å². The lowest BCUT2D eigenvalue weighted by atomic mass is 10.0. The molecule has 1 unspecified atom stereocenters. The lowest BCUT2D eigenvalue weighted by Gasteiger charge is -2.21. The maximum atomic E-state index is 10.1. The van der Waals surface area contributed by atoms with Gasteiger partial charge in [0.25, 0.3) is 0 Å². The summed E-state index contributed by atoms with van der Waals surface area (Å²) in [5.41, 5.74) is 2.71. The smallest absolute Gasteiger partial charge is 0.223 e. The number of aromatic hydroxyl groups is 1. The number of aliphatic imine (C=N–C) groups is 1. The van der Waals surface area contributed by atoms with Crippen LogP contribution in [0.1, 0.15) is 11.1 Å². The second-order valence-electron chi connectivity index (χ2n) is 5.33. The number of aliphatic hydroxyl groups is 1. The fraction of sp³-hybridized carbons (Fsp3) is 0.167. The van der Waals surface area contributed by atoms with Crippen molar-refractivity contribution >= 4 is 23.0 Å². The van der Waals surface area contributed by atoms with Crippen molar-refractivity contribution < 1.29 is 19.7 Å². The minimum atomic E-state index is -1.10. The number of allylic oxidation sites excluding steroid dienone is 1. The maximum absolute atomic E-state index is 10.1. The molecule has 0 saturated heterocycles. The van der Waals surface area contributed by atoms with E-state index in [1.807, 2.05) is 12.1 Å². The van der Waals surface area contributed by atoms with Crippen molar-refractivity contribution in [3.05, 3.63) is 58.6 Å². The fourth-order valence-corrected chi connectivity index (χ4v) is 2.64. The Morgan fingerprint density at radius 1 is 1.04 bits per heavy atom. The quantitative estimate of drug-likeness (QED) is 0.781. The molecular weight excluding hydrogens is 344 g/mol. The third-order valence-corrected chi connectivity index (χ3v) is 4.01. The molecule has 0 fully saturated rings. The summed E-state index contributed by atoms with van der Waals surface area (Å²) >= 11 is 5.92. The van der Waals surface area contributed by atoms with Crippen LogP contribution in [0.15, 0.2) is 47.5 Å². The third kappa shape index (κ3) is 3.55. The lowest BCUT2D eigenvalue weighted by molar-refractivity contribution is 0.166. The fourth-order valence-electron chi connectivity index (χ4n) is 2.51. The van der Waals surface area contributed by atoms with E-state index in [-0.39, 0.29) is 17.2 Å². The molecule has 0 saturated carbocycles. The maximum Gasteiger partial charge on any atom is 0.223 e. The van der Waals surface area contributed by atoms with E-state index in [1.165, 1.54) is 14.2 Å². The van der Waals surface area contributed by atoms with Gasteiger partial charge in [0.2, 0.25) is 12.1 Å². The molecule has 2 aromatic carbocycles. The van der Waals surface area contributed by atoms with Crippen molar-refractivity contribution in [2.75, 3.05) is 14.2 Å². The van der Waals surface area contributed by atoms with Gasteiger partial charge in [0.15, 0.2) is 11.5 Å². The molecule has 0 bridgehead atoms. The van der Waals surface area contributed by atoms with Crippen LogP contribution >= 0.6 is 11.6 Å². The van der Waals surface area contributed by atoms with Gasteiger partial charge in [-0.3, -0.25) is 0 Å². The number of phenolic OH excluding ortho intramolecular Hbond substituents is 1. The van der Waals surface area contributed by atoms with Gasteiger partial charge in [-0.15, -0.1) is 0 Å². The summed E-state index contributed by atoms with van der Waals surface area (Å²) in [6.45, 7) is 0. The van der Waals surface area contributed by atoms with Crippen LogP contribution in [0.3, 0.4) is 0 Å². The Hall–Kier alpha value is -2.70. The number of phenols is 1. The second kappa shape index (κ2) is 7.04. The van der Waals surface area contributed by atoms with E-state index in [1.54, 1.807) is 30.3 Å². The Kier molecular flexibility index (Phi) is 4.83. The normalized spacial score (nSPS) is 16.6. The number of halogens is 1. The Labute approximate surface area is 150 Å². The van der Waals surface area contributed by atoms with Crippen LogP contribution in [-0.4, -0.2) is 36.5 Å². The number of hydrogen-bond donors (Lipinski definition) is 3. The number of rotatable bonds is 4. The van der Waals surface area contributed by atoms with Gasteiger partial charge >= 0.3 is 0 Å². The molecule has 2 aromatic rings. The number of methoxy groups -OCH3 is 2. The molecule has 1 heterocycles. The van der Waals surface area contributed by atoms with Gasteiger partial charge in [-0.1, -0.05) is 23.7 Å². The van der Waals surface area contributed by atoms with Gasteiger partial charge < -0.3 is 25.0 Å². The minimum absolute atomic E-state index is 0.0858. The Morgan fingerprint density at radius 2 is 1.64 bits per heavy atom. The highest BCUT2D eigenvalue weighted by Gasteiger charge is 2.19. The molecule has 7 heteroatoms. The van der Waals surface area contributed by atoms with Gasteiger partial charge in [-0.05, 0) is 30.3 Å².